The van der Waals surface area contributed by atoms with Gasteiger partial charge in [0.1, 0.15) is 23.9 Å². The van der Waals surface area contributed by atoms with E-state index in [0.717, 1.165) is 11.8 Å². The molecule has 156 valence electrons. The average Bonchev–Trinajstić information content (AvgIpc) is 2.76. The number of rotatable bonds is 5. The first-order valence-corrected chi connectivity index (χ1v) is 9.00. The lowest BCUT2D eigenvalue weighted by Crippen LogP contribution is -2.69. The van der Waals surface area contributed by atoms with Crippen LogP contribution in [0.4, 0.5) is 4.79 Å². The largest absolute Gasteiger partial charge is 0.464 e. The van der Waals surface area contributed by atoms with Crippen molar-refractivity contribution >= 4 is 18.0 Å². The maximum absolute atomic E-state index is 13.0. The number of nitrogens with zero attached hydrogens (tertiary/aromatic N) is 1. The van der Waals surface area contributed by atoms with Gasteiger partial charge in [-0.3, -0.25) is 9.69 Å². The topological polar surface area (TPSA) is 123 Å². The van der Waals surface area contributed by atoms with Crippen molar-refractivity contribution in [2.45, 2.75) is 77.9 Å². The minimum Gasteiger partial charge on any atom is -0.464 e. The first-order chi connectivity index (χ1) is 12.3. The zero-order chi connectivity index (χ0) is 21.2. The van der Waals surface area contributed by atoms with Crippen molar-refractivity contribution in [3.05, 3.63) is 0 Å². The van der Waals surface area contributed by atoms with Crippen LogP contribution >= 0.6 is 0 Å². The third-order valence-electron chi connectivity index (χ3n) is 4.18. The summed E-state index contributed by atoms with van der Waals surface area (Å²) >= 11 is 0. The minimum absolute atomic E-state index is 0.0313. The average molecular weight is 389 g/mol. The van der Waals surface area contributed by atoms with Crippen LogP contribution in [-0.4, -0.2) is 75.7 Å². The number of amides is 1. The van der Waals surface area contributed by atoms with E-state index in [-0.39, 0.29) is 13.2 Å². The number of carbonyl (C=O) groups excluding carboxylic acids is 3. The van der Waals surface area contributed by atoms with Crippen molar-refractivity contribution in [3.8, 4) is 0 Å². The number of aliphatic hydroxyl groups excluding tert-OH is 2. The van der Waals surface area contributed by atoms with Gasteiger partial charge in [0.15, 0.2) is 0 Å². The minimum atomic E-state index is -2.13. The van der Waals surface area contributed by atoms with Gasteiger partial charge in [-0.25, -0.2) is 9.59 Å². The number of ether oxygens (including phenoxy) is 3. The van der Waals surface area contributed by atoms with Gasteiger partial charge in [-0.1, -0.05) is 13.8 Å². The fourth-order valence-corrected chi connectivity index (χ4v) is 3.26. The van der Waals surface area contributed by atoms with E-state index < -0.39 is 53.4 Å². The molecule has 1 amide bonds. The van der Waals surface area contributed by atoms with E-state index in [0.29, 0.717) is 0 Å². The third kappa shape index (κ3) is 4.70. The molecule has 0 aromatic carbocycles. The van der Waals surface area contributed by atoms with Gasteiger partial charge in [-0.15, -0.1) is 0 Å². The second kappa shape index (κ2) is 8.43. The van der Waals surface area contributed by atoms with Crippen LogP contribution in [0.5, 0.6) is 0 Å². The lowest BCUT2D eigenvalue weighted by molar-refractivity contribution is -0.186. The lowest BCUT2D eigenvalue weighted by Gasteiger charge is -2.44. The summed E-state index contributed by atoms with van der Waals surface area (Å²) in [6.45, 7) is 10.6. The summed E-state index contributed by atoms with van der Waals surface area (Å²) in [6, 6.07) is 0. The molecule has 0 aromatic rings. The van der Waals surface area contributed by atoms with E-state index in [4.69, 9.17) is 14.2 Å². The van der Waals surface area contributed by atoms with Crippen LogP contribution in [0, 0.1) is 5.92 Å². The first kappa shape index (κ1) is 23.2. The van der Waals surface area contributed by atoms with E-state index in [9.17, 15) is 24.6 Å². The molecule has 1 rings (SSSR count). The lowest BCUT2D eigenvalue weighted by atomic mass is 9.80. The molecule has 9 heteroatoms. The number of hydrogen-bond donors (Lipinski definition) is 2. The Hall–Kier alpha value is -1.87. The number of hydrogen-bond acceptors (Lipinski definition) is 8. The quantitative estimate of drug-likeness (QED) is 0.524. The van der Waals surface area contributed by atoms with E-state index in [1.165, 1.54) is 0 Å². The van der Waals surface area contributed by atoms with Crippen molar-refractivity contribution in [2.24, 2.45) is 5.92 Å². The third-order valence-corrected chi connectivity index (χ3v) is 4.18. The van der Waals surface area contributed by atoms with Gasteiger partial charge < -0.3 is 24.4 Å². The Morgan fingerprint density at radius 3 is 2.19 bits per heavy atom. The molecule has 0 aromatic heterocycles. The molecule has 27 heavy (non-hydrogen) atoms. The summed E-state index contributed by atoms with van der Waals surface area (Å²) in [7, 11) is 0. The molecule has 1 aliphatic rings. The van der Waals surface area contributed by atoms with E-state index in [1.54, 1.807) is 41.5 Å². The molecule has 0 aliphatic carbocycles. The van der Waals surface area contributed by atoms with Gasteiger partial charge in [0, 0.05) is 6.92 Å². The van der Waals surface area contributed by atoms with Crippen LogP contribution < -0.4 is 0 Å². The normalized spacial score (nSPS) is 26.7. The SMILES string of the molecule is CCOC(=O)[C@]1([C@@H](OC(C)=O)C(C)C)[C@@H](O)[C@@H](O)CN1C(=O)OC(C)(C)C. The number of likely N-dealkylation sites (tertiary alicyclic amines) is 1. The van der Waals surface area contributed by atoms with Crippen molar-refractivity contribution in [3.63, 3.8) is 0 Å². The van der Waals surface area contributed by atoms with Crippen LogP contribution in [0.2, 0.25) is 0 Å². The molecule has 0 unspecified atom stereocenters. The predicted molar refractivity (Wildman–Crippen MR) is 94.7 cm³/mol. The molecule has 4 atom stereocenters. The van der Waals surface area contributed by atoms with Crippen molar-refractivity contribution in [1.29, 1.82) is 0 Å². The van der Waals surface area contributed by atoms with E-state index in [2.05, 4.69) is 0 Å². The summed E-state index contributed by atoms with van der Waals surface area (Å²) < 4.78 is 15.8. The molecule has 0 saturated carbocycles. The molecule has 1 saturated heterocycles. The summed E-state index contributed by atoms with van der Waals surface area (Å²) in [5.41, 5.74) is -3.01. The Labute approximate surface area is 159 Å². The number of β-amino-alcohol motifs (C(OH)–C–C–N with tert-alkyl or cyclic N) is 1. The summed E-state index contributed by atoms with van der Waals surface area (Å²) in [5, 5.41) is 21.0. The molecular weight excluding hydrogens is 358 g/mol. The molecule has 1 fully saturated rings. The van der Waals surface area contributed by atoms with Crippen molar-refractivity contribution in [1.82, 2.24) is 4.90 Å². The highest BCUT2D eigenvalue weighted by Gasteiger charge is 2.67. The summed E-state index contributed by atoms with van der Waals surface area (Å²) in [4.78, 5) is 38.4. The van der Waals surface area contributed by atoms with Gasteiger partial charge in [0.25, 0.3) is 0 Å². The van der Waals surface area contributed by atoms with Gasteiger partial charge in [0.2, 0.25) is 5.54 Å². The van der Waals surface area contributed by atoms with Gasteiger partial charge >= 0.3 is 18.0 Å². The second-order valence-electron chi connectivity index (χ2n) is 7.92. The zero-order valence-corrected chi connectivity index (χ0v) is 17.0. The van der Waals surface area contributed by atoms with E-state index >= 15 is 0 Å². The Morgan fingerprint density at radius 1 is 1.22 bits per heavy atom. The standard InChI is InChI=1S/C18H31NO8/c1-8-25-15(23)18(14(10(2)3)26-11(4)20)13(22)12(21)9-19(18)16(24)27-17(5,6)7/h10,12-14,21-22H,8-9H2,1-7H3/t12-,13-,14-,18+/m0/s1. The number of aliphatic hydroxyl groups is 2. The van der Waals surface area contributed by atoms with Crippen molar-refractivity contribution in [2.75, 3.05) is 13.2 Å². The number of carbonyl (C=O) groups is 3. The predicted octanol–water partition coefficient (Wildman–Crippen LogP) is 0.848. The molecular formula is C18H31NO8. The van der Waals surface area contributed by atoms with Crippen LogP contribution in [0.3, 0.4) is 0 Å². The highest BCUT2D eigenvalue weighted by atomic mass is 16.6. The molecule has 2 N–H and O–H groups in total. The van der Waals surface area contributed by atoms with Crippen LogP contribution in [0.1, 0.15) is 48.5 Å². The van der Waals surface area contributed by atoms with Gasteiger partial charge in [-0.05, 0) is 33.6 Å². The van der Waals surface area contributed by atoms with Crippen LogP contribution in [-0.2, 0) is 23.8 Å². The molecule has 0 spiro atoms. The molecule has 9 nitrogen and oxygen atoms in total. The zero-order valence-electron chi connectivity index (χ0n) is 17.0. The fraction of sp³-hybridized carbons (Fsp3) is 0.833. The summed E-state index contributed by atoms with van der Waals surface area (Å²) in [6.07, 6.45) is -5.35. The Morgan fingerprint density at radius 2 is 1.78 bits per heavy atom. The monoisotopic (exact) mass is 389 g/mol. The molecule has 1 aliphatic heterocycles. The van der Waals surface area contributed by atoms with Crippen molar-refractivity contribution < 1.29 is 38.8 Å². The molecule has 0 bridgehead atoms. The molecule has 1 heterocycles. The second-order valence-corrected chi connectivity index (χ2v) is 7.92. The fourth-order valence-electron chi connectivity index (χ4n) is 3.26. The van der Waals surface area contributed by atoms with Gasteiger partial charge in [0.05, 0.1) is 13.2 Å². The van der Waals surface area contributed by atoms with Gasteiger partial charge in [-0.2, -0.15) is 0 Å². The summed E-state index contributed by atoms with van der Waals surface area (Å²) in [5.74, 6) is -2.15. The maximum Gasteiger partial charge on any atom is 0.411 e. The highest BCUT2D eigenvalue weighted by molar-refractivity contribution is 5.89. The Kier molecular flexibility index (Phi) is 7.24. The number of esters is 2. The highest BCUT2D eigenvalue weighted by Crippen LogP contribution is 2.40. The van der Waals surface area contributed by atoms with Crippen LogP contribution in [0.15, 0.2) is 0 Å². The Balaban J connectivity index is 3.59. The molecule has 0 radical (unpaired) electrons. The van der Waals surface area contributed by atoms with Crippen LogP contribution in [0.25, 0.3) is 0 Å². The maximum atomic E-state index is 13.0. The first-order valence-electron chi connectivity index (χ1n) is 9.00. The van der Waals surface area contributed by atoms with E-state index in [1.807, 2.05) is 0 Å². The smallest absolute Gasteiger partial charge is 0.411 e. The Bertz CT molecular complexity index is 570.